The third kappa shape index (κ3) is 4.43. The molecule has 0 aromatic heterocycles. The van der Waals surface area contributed by atoms with Crippen LogP contribution in [-0.2, 0) is 4.74 Å². The topological polar surface area (TPSA) is 29.5 Å². The Kier molecular flexibility index (Phi) is 7.75. The zero-order valence-electron chi connectivity index (χ0n) is 16.4. The van der Waals surface area contributed by atoms with Gasteiger partial charge < -0.3 is 9.84 Å². The number of ether oxygens (including phenoxy) is 1. The maximum atomic E-state index is 15.2. The van der Waals surface area contributed by atoms with Gasteiger partial charge in [0.15, 0.2) is 0 Å². The van der Waals surface area contributed by atoms with Crippen LogP contribution in [0.1, 0.15) is 77.6 Å². The number of alkyl halides is 2. The lowest BCUT2D eigenvalue weighted by Crippen LogP contribution is -2.51. The lowest BCUT2D eigenvalue weighted by molar-refractivity contribution is -0.117. The van der Waals surface area contributed by atoms with E-state index in [2.05, 4.69) is 6.92 Å². The van der Waals surface area contributed by atoms with Crippen LogP contribution >= 0.6 is 0 Å². The van der Waals surface area contributed by atoms with E-state index in [4.69, 9.17) is 4.74 Å². The summed E-state index contributed by atoms with van der Waals surface area (Å²) in [5, 5.41) is 9.17. The molecule has 3 rings (SSSR count). The third-order valence-corrected chi connectivity index (χ3v) is 7.59. The summed E-state index contributed by atoms with van der Waals surface area (Å²) in [6, 6.07) is 0. The molecule has 152 valence electrons. The van der Waals surface area contributed by atoms with E-state index in [1.165, 1.54) is 19.3 Å². The first-order chi connectivity index (χ1) is 12.7. The number of halogens is 2. The van der Waals surface area contributed by atoms with Gasteiger partial charge in [0, 0.05) is 13.2 Å². The molecule has 3 aliphatic carbocycles. The number of aliphatic hydroxyl groups excluding tert-OH is 1. The molecule has 0 amide bonds. The molecule has 0 aliphatic heterocycles. The van der Waals surface area contributed by atoms with Crippen molar-refractivity contribution in [1.82, 2.24) is 0 Å². The first kappa shape index (κ1) is 20.5. The van der Waals surface area contributed by atoms with Crippen molar-refractivity contribution in [2.75, 3.05) is 13.2 Å². The highest BCUT2D eigenvalue weighted by Gasteiger charge is 2.52. The summed E-state index contributed by atoms with van der Waals surface area (Å²) in [5.74, 6) is 0.883. The molecule has 8 unspecified atom stereocenters. The standard InChI is InChI=1S/C22H38F2O2/c1-2-3-4-5-14-26-20-11-10-17-16-7-6-15(12-13-25)21(23)18(16)8-9-19(17)22(20)24/h15-22,25H,2-14H2,1H3. The Morgan fingerprint density at radius 2 is 1.46 bits per heavy atom. The minimum Gasteiger partial charge on any atom is -0.396 e. The average molecular weight is 373 g/mol. The van der Waals surface area contributed by atoms with Crippen molar-refractivity contribution in [3.8, 4) is 0 Å². The van der Waals surface area contributed by atoms with Crippen LogP contribution in [0.4, 0.5) is 8.78 Å². The van der Waals surface area contributed by atoms with Crippen molar-refractivity contribution in [2.45, 2.75) is 96.0 Å². The first-order valence-corrected chi connectivity index (χ1v) is 11.2. The van der Waals surface area contributed by atoms with Crippen LogP contribution in [0.15, 0.2) is 0 Å². The molecule has 0 aromatic rings. The maximum Gasteiger partial charge on any atom is 0.129 e. The summed E-state index contributed by atoms with van der Waals surface area (Å²) in [6.45, 7) is 2.96. The summed E-state index contributed by atoms with van der Waals surface area (Å²) in [6.07, 6.45) is 8.63. The predicted octanol–water partition coefficient (Wildman–Crippen LogP) is 5.47. The summed E-state index contributed by atoms with van der Waals surface area (Å²) < 4.78 is 36.0. The van der Waals surface area contributed by atoms with Gasteiger partial charge in [-0.15, -0.1) is 0 Å². The van der Waals surface area contributed by atoms with Crippen LogP contribution in [0.5, 0.6) is 0 Å². The van der Waals surface area contributed by atoms with Gasteiger partial charge >= 0.3 is 0 Å². The molecule has 26 heavy (non-hydrogen) atoms. The Hall–Kier alpha value is -0.220. The molecule has 0 heterocycles. The SMILES string of the molecule is CCCCCCOC1CCC2C(CCC3C(F)C(CCO)CCC32)C1F. The second-order valence-corrected chi connectivity index (χ2v) is 9.02. The summed E-state index contributed by atoms with van der Waals surface area (Å²) in [4.78, 5) is 0. The van der Waals surface area contributed by atoms with E-state index >= 15 is 4.39 Å². The number of aliphatic hydroxyl groups is 1. The fraction of sp³-hybridized carbons (Fsp3) is 1.00. The van der Waals surface area contributed by atoms with E-state index in [9.17, 15) is 9.50 Å². The largest absolute Gasteiger partial charge is 0.396 e. The second kappa shape index (κ2) is 9.82. The Morgan fingerprint density at radius 3 is 2.15 bits per heavy atom. The minimum atomic E-state index is -0.867. The highest BCUT2D eigenvalue weighted by Crippen LogP contribution is 2.54. The molecule has 3 aliphatic rings. The molecule has 3 fully saturated rings. The molecule has 8 atom stereocenters. The smallest absolute Gasteiger partial charge is 0.129 e. The first-order valence-electron chi connectivity index (χ1n) is 11.2. The van der Waals surface area contributed by atoms with Crippen LogP contribution in [0.25, 0.3) is 0 Å². The second-order valence-electron chi connectivity index (χ2n) is 9.02. The van der Waals surface area contributed by atoms with E-state index < -0.39 is 12.3 Å². The Balaban J connectivity index is 1.52. The van der Waals surface area contributed by atoms with Gasteiger partial charge in [-0.25, -0.2) is 8.78 Å². The molecule has 3 saturated carbocycles. The number of rotatable bonds is 8. The molecule has 0 bridgehead atoms. The highest BCUT2D eigenvalue weighted by atomic mass is 19.1. The van der Waals surface area contributed by atoms with E-state index in [1.807, 2.05) is 0 Å². The maximum absolute atomic E-state index is 15.2. The average Bonchev–Trinajstić information content (AvgIpc) is 2.65. The van der Waals surface area contributed by atoms with Crippen LogP contribution < -0.4 is 0 Å². The lowest BCUT2D eigenvalue weighted by atomic mass is 9.55. The van der Waals surface area contributed by atoms with Crippen LogP contribution in [0, 0.1) is 29.6 Å². The molecule has 1 N–H and O–H groups in total. The summed E-state index contributed by atoms with van der Waals surface area (Å²) >= 11 is 0. The van der Waals surface area contributed by atoms with Gasteiger partial charge in [-0.1, -0.05) is 26.2 Å². The van der Waals surface area contributed by atoms with Crippen molar-refractivity contribution in [3.63, 3.8) is 0 Å². The Morgan fingerprint density at radius 1 is 0.808 bits per heavy atom. The van der Waals surface area contributed by atoms with Crippen molar-refractivity contribution < 1.29 is 18.6 Å². The van der Waals surface area contributed by atoms with Crippen molar-refractivity contribution >= 4 is 0 Å². The zero-order chi connectivity index (χ0) is 18.5. The van der Waals surface area contributed by atoms with Gasteiger partial charge in [-0.2, -0.15) is 0 Å². The molecule has 0 aromatic carbocycles. The molecule has 2 nitrogen and oxygen atoms in total. The monoisotopic (exact) mass is 372 g/mol. The Bertz CT molecular complexity index is 419. The van der Waals surface area contributed by atoms with Crippen LogP contribution in [0.2, 0.25) is 0 Å². The normalized spacial score (nSPS) is 42.9. The van der Waals surface area contributed by atoms with Crippen molar-refractivity contribution in [2.24, 2.45) is 29.6 Å². The minimum absolute atomic E-state index is 0.0155. The van der Waals surface area contributed by atoms with Gasteiger partial charge in [0.05, 0.1) is 6.10 Å². The highest BCUT2D eigenvalue weighted by molar-refractivity contribution is 5.01. The van der Waals surface area contributed by atoms with Gasteiger partial charge in [0.1, 0.15) is 12.3 Å². The fourth-order valence-electron chi connectivity index (χ4n) is 6.21. The van der Waals surface area contributed by atoms with Gasteiger partial charge in [-0.3, -0.25) is 0 Å². The number of hydrogen-bond acceptors (Lipinski definition) is 2. The van der Waals surface area contributed by atoms with Crippen molar-refractivity contribution in [3.05, 3.63) is 0 Å². The van der Waals surface area contributed by atoms with Gasteiger partial charge in [0.2, 0.25) is 0 Å². The zero-order valence-corrected chi connectivity index (χ0v) is 16.4. The Labute approximate surface area is 158 Å². The fourth-order valence-corrected chi connectivity index (χ4v) is 6.21. The summed E-state index contributed by atoms with van der Waals surface area (Å²) in [5.41, 5.74) is 0. The quantitative estimate of drug-likeness (QED) is 0.572. The molecular weight excluding hydrogens is 334 g/mol. The molecule has 4 heteroatoms. The number of hydrogen-bond donors (Lipinski definition) is 1. The van der Waals surface area contributed by atoms with E-state index in [0.717, 1.165) is 44.9 Å². The number of unbranched alkanes of at least 4 members (excludes halogenated alkanes) is 3. The lowest BCUT2D eigenvalue weighted by Gasteiger charge is -2.52. The summed E-state index contributed by atoms with van der Waals surface area (Å²) in [7, 11) is 0. The molecule has 0 radical (unpaired) electrons. The molecule has 0 spiro atoms. The van der Waals surface area contributed by atoms with Crippen LogP contribution in [-0.4, -0.2) is 36.8 Å². The van der Waals surface area contributed by atoms with E-state index in [1.54, 1.807) is 0 Å². The predicted molar refractivity (Wildman–Crippen MR) is 101 cm³/mol. The van der Waals surface area contributed by atoms with Gasteiger partial charge in [0.25, 0.3) is 0 Å². The van der Waals surface area contributed by atoms with Gasteiger partial charge in [-0.05, 0) is 81.0 Å². The molecular formula is C22H38F2O2. The van der Waals surface area contributed by atoms with E-state index in [0.29, 0.717) is 24.9 Å². The third-order valence-electron chi connectivity index (χ3n) is 7.59. The van der Waals surface area contributed by atoms with Crippen LogP contribution in [0.3, 0.4) is 0 Å². The van der Waals surface area contributed by atoms with Crippen molar-refractivity contribution in [1.29, 1.82) is 0 Å². The number of fused-ring (bicyclic) bond motifs is 3. The molecule has 0 saturated heterocycles. The van der Waals surface area contributed by atoms with E-state index in [-0.39, 0.29) is 30.5 Å².